The predicted molar refractivity (Wildman–Crippen MR) is 94.4 cm³/mol. The number of amides is 1. The molecule has 26 heavy (non-hydrogen) atoms. The van der Waals surface area contributed by atoms with E-state index in [1.54, 1.807) is 13.8 Å². The van der Waals surface area contributed by atoms with E-state index in [4.69, 9.17) is 5.11 Å². The topological polar surface area (TPSA) is 113 Å². The normalized spacial score (nSPS) is 11.1. The number of hydrogen-bond acceptors (Lipinski definition) is 4. The SMILES string of the molecule is CC(=O)Nc1cc(NS(=O)(=O)c2cc(C(=O)O)cc(C)c2C)ccc1F. The lowest BCUT2D eigenvalue weighted by Crippen LogP contribution is -2.16. The van der Waals surface area contributed by atoms with E-state index in [0.717, 1.165) is 18.2 Å². The first-order valence-corrected chi connectivity index (χ1v) is 8.94. The van der Waals surface area contributed by atoms with Crippen molar-refractivity contribution < 1.29 is 27.5 Å². The maximum Gasteiger partial charge on any atom is 0.335 e. The molecule has 1 amide bonds. The van der Waals surface area contributed by atoms with Crippen LogP contribution in [0.3, 0.4) is 0 Å². The van der Waals surface area contributed by atoms with Crippen molar-refractivity contribution in [3.05, 3.63) is 52.8 Å². The molecule has 0 aliphatic carbocycles. The van der Waals surface area contributed by atoms with Gasteiger partial charge in [0.15, 0.2) is 0 Å². The summed E-state index contributed by atoms with van der Waals surface area (Å²) >= 11 is 0. The predicted octanol–water partition coefficient (Wildman–Crippen LogP) is 2.90. The molecule has 9 heteroatoms. The fraction of sp³-hybridized carbons (Fsp3) is 0.176. The third-order valence-corrected chi connectivity index (χ3v) is 5.19. The van der Waals surface area contributed by atoms with Crippen LogP contribution < -0.4 is 10.0 Å². The second kappa shape index (κ2) is 7.12. The number of aryl methyl sites for hydroxylation is 1. The van der Waals surface area contributed by atoms with Gasteiger partial charge in [-0.25, -0.2) is 17.6 Å². The van der Waals surface area contributed by atoms with E-state index in [0.29, 0.717) is 11.1 Å². The molecule has 2 aromatic rings. The number of anilines is 2. The van der Waals surface area contributed by atoms with Crippen molar-refractivity contribution in [3.8, 4) is 0 Å². The van der Waals surface area contributed by atoms with E-state index in [1.807, 2.05) is 0 Å². The molecule has 0 atom stereocenters. The molecular weight excluding hydrogens is 363 g/mol. The van der Waals surface area contributed by atoms with Crippen LogP contribution in [0.25, 0.3) is 0 Å². The number of aromatic carboxylic acids is 1. The lowest BCUT2D eigenvalue weighted by atomic mass is 10.1. The van der Waals surface area contributed by atoms with Crippen LogP contribution in [-0.2, 0) is 14.8 Å². The van der Waals surface area contributed by atoms with Crippen LogP contribution in [0.2, 0.25) is 0 Å². The molecule has 7 nitrogen and oxygen atoms in total. The van der Waals surface area contributed by atoms with Gasteiger partial charge in [0.05, 0.1) is 21.8 Å². The standard InChI is InChI=1S/C17H17FN2O5S/c1-9-6-12(17(22)23)7-16(10(9)2)26(24,25)20-13-4-5-14(18)15(8-13)19-11(3)21/h4-8,20H,1-3H3,(H,19,21)(H,22,23). The van der Waals surface area contributed by atoms with Gasteiger partial charge in [-0.15, -0.1) is 0 Å². The molecule has 3 N–H and O–H groups in total. The van der Waals surface area contributed by atoms with Crippen LogP contribution in [0, 0.1) is 19.7 Å². The Labute approximate surface area is 149 Å². The molecule has 0 bridgehead atoms. The van der Waals surface area contributed by atoms with Crippen molar-refractivity contribution in [3.63, 3.8) is 0 Å². The number of hydrogen-bond donors (Lipinski definition) is 3. The van der Waals surface area contributed by atoms with Crippen molar-refractivity contribution in [1.82, 2.24) is 0 Å². The highest BCUT2D eigenvalue weighted by molar-refractivity contribution is 7.92. The Bertz CT molecular complexity index is 1000. The number of carbonyl (C=O) groups is 2. The van der Waals surface area contributed by atoms with Gasteiger partial charge in [-0.1, -0.05) is 0 Å². The second-order valence-electron chi connectivity index (χ2n) is 5.70. The van der Waals surface area contributed by atoms with Gasteiger partial charge in [0, 0.05) is 6.92 Å². The zero-order valence-corrected chi connectivity index (χ0v) is 15.1. The average molecular weight is 380 g/mol. The van der Waals surface area contributed by atoms with Crippen molar-refractivity contribution in [1.29, 1.82) is 0 Å². The molecule has 2 aromatic carbocycles. The Morgan fingerprint density at radius 3 is 2.35 bits per heavy atom. The number of halogens is 1. The minimum atomic E-state index is -4.13. The zero-order valence-electron chi connectivity index (χ0n) is 14.3. The van der Waals surface area contributed by atoms with E-state index in [1.165, 1.54) is 19.1 Å². The van der Waals surface area contributed by atoms with Crippen molar-refractivity contribution in [2.24, 2.45) is 0 Å². The number of rotatable bonds is 5. The number of benzene rings is 2. The lowest BCUT2D eigenvalue weighted by Gasteiger charge is -2.14. The Hall–Kier alpha value is -2.94. The summed E-state index contributed by atoms with van der Waals surface area (Å²) in [5.74, 6) is -2.48. The molecule has 2 rings (SSSR count). The maximum absolute atomic E-state index is 13.7. The summed E-state index contributed by atoms with van der Waals surface area (Å²) < 4.78 is 41.3. The lowest BCUT2D eigenvalue weighted by molar-refractivity contribution is -0.114. The van der Waals surface area contributed by atoms with E-state index in [2.05, 4.69) is 10.0 Å². The summed E-state index contributed by atoms with van der Waals surface area (Å²) in [6.07, 6.45) is 0. The van der Waals surface area contributed by atoms with Crippen LogP contribution >= 0.6 is 0 Å². The largest absolute Gasteiger partial charge is 0.478 e. The Morgan fingerprint density at radius 2 is 1.77 bits per heavy atom. The molecule has 0 heterocycles. The van der Waals surface area contributed by atoms with Crippen molar-refractivity contribution in [2.45, 2.75) is 25.7 Å². The highest BCUT2D eigenvalue weighted by Gasteiger charge is 2.21. The summed E-state index contributed by atoms with van der Waals surface area (Å²) in [5, 5.41) is 11.4. The third-order valence-electron chi connectivity index (χ3n) is 3.69. The van der Waals surface area contributed by atoms with Crippen LogP contribution in [0.4, 0.5) is 15.8 Å². The fourth-order valence-electron chi connectivity index (χ4n) is 2.31. The maximum atomic E-state index is 13.7. The van der Waals surface area contributed by atoms with Gasteiger partial charge in [-0.2, -0.15) is 0 Å². The third kappa shape index (κ3) is 4.17. The number of carboxylic acids is 1. The van der Waals surface area contributed by atoms with Crippen molar-refractivity contribution in [2.75, 3.05) is 10.0 Å². The molecular formula is C17H17FN2O5S. The van der Waals surface area contributed by atoms with Crippen LogP contribution in [0.5, 0.6) is 0 Å². The number of carbonyl (C=O) groups excluding carboxylic acids is 1. The molecule has 0 fully saturated rings. The highest BCUT2D eigenvalue weighted by Crippen LogP contribution is 2.26. The van der Waals surface area contributed by atoms with Crippen LogP contribution in [0.15, 0.2) is 35.2 Å². The molecule has 138 valence electrons. The molecule has 0 radical (unpaired) electrons. The molecule has 0 saturated heterocycles. The number of nitrogens with one attached hydrogen (secondary N) is 2. The van der Waals surface area contributed by atoms with Gasteiger partial charge >= 0.3 is 5.97 Å². The van der Waals surface area contributed by atoms with Gasteiger partial charge in [-0.3, -0.25) is 9.52 Å². The summed E-state index contributed by atoms with van der Waals surface area (Å²) in [6.45, 7) is 4.36. The quantitative estimate of drug-likeness (QED) is 0.738. The molecule has 0 aromatic heterocycles. The van der Waals surface area contributed by atoms with Crippen LogP contribution in [0.1, 0.15) is 28.4 Å². The van der Waals surface area contributed by atoms with Gasteiger partial charge in [0.1, 0.15) is 5.82 Å². The van der Waals surface area contributed by atoms with Crippen LogP contribution in [-0.4, -0.2) is 25.4 Å². The molecule has 0 aliphatic rings. The monoisotopic (exact) mass is 380 g/mol. The number of sulfonamides is 1. The zero-order chi connectivity index (χ0) is 19.6. The van der Waals surface area contributed by atoms with Gasteiger partial charge in [0.25, 0.3) is 10.0 Å². The molecule has 0 saturated carbocycles. The summed E-state index contributed by atoms with van der Waals surface area (Å²) in [4.78, 5) is 22.1. The Balaban J connectivity index is 2.47. The van der Waals surface area contributed by atoms with Crippen molar-refractivity contribution >= 4 is 33.3 Å². The van der Waals surface area contributed by atoms with Gasteiger partial charge in [0.2, 0.25) is 5.91 Å². The molecule has 0 spiro atoms. The average Bonchev–Trinajstić information content (AvgIpc) is 2.52. The summed E-state index contributed by atoms with van der Waals surface area (Å²) in [5.41, 5.74) is 0.583. The summed E-state index contributed by atoms with van der Waals surface area (Å²) in [6, 6.07) is 5.78. The van der Waals surface area contributed by atoms with Gasteiger partial charge < -0.3 is 10.4 Å². The van der Waals surface area contributed by atoms with E-state index in [-0.39, 0.29) is 21.8 Å². The minimum Gasteiger partial charge on any atom is -0.478 e. The fourth-order valence-corrected chi connectivity index (χ4v) is 3.71. The minimum absolute atomic E-state index is 0.0212. The summed E-state index contributed by atoms with van der Waals surface area (Å²) in [7, 11) is -4.13. The smallest absolute Gasteiger partial charge is 0.335 e. The van der Waals surface area contributed by atoms with E-state index >= 15 is 0 Å². The second-order valence-corrected chi connectivity index (χ2v) is 7.35. The highest BCUT2D eigenvalue weighted by atomic mass is 32.2. The Morgan fingerprint density at radius 1 is 1.12 bits per heavy atom. The van der Waals surface area contributed by atoms with E-state index in [9.17, 15) is 22.4 Å². The number of carboxylic acid groups (broad SMARTS) is 1. The Kier molecular flexibility index (Phi) is 5.31. The first-order valence-electron chi connectivity index (χ1n) is 7.46. The first kappa shape index (κ1) is 19.4. The van der Waals surface area contributed by atoms with E-state index < -0.39 is 27.7 Å². The molecule has 0 aliphatic heterocycles. The first-order chi connectivity index (χ1) is 12.0. The van der Waals surface area contributed by atoms with Gasteiger partial charge in [-0.05, 0) is 55.3 Å². The molecule has 0 unspecified atom stereocenters.